The number of hydrogen-bond donors (Lipinski definition) is 1. The molecule has 2 rings (SSSR count). The zero-order valence-corrected chi connectivity index (χ0v) is 16.1. The molecule has 0 aliphatic heterocycles. The van der Waals surface area contributed by atoms with Crippen molar-refractivity contribution in [2.45, 2.75) is 26.4 Å². The molecule has 0 fully saturated rings. The normalized spacial score (nSPS) is 12.3. The Morgan fingerprint density at radius 2 is 2.04 bits per heavy atom. The number of hydrogen-bond acceptors (Lipinski definition) is 5. The zero-order chi connectivity index (χ0) is 19.3. The molecule has 140 valence electrons. The number of benzene rings is 1. The molecule has 0 aliphatic carbocycles. The van der Waals surface area contributed by atoms with Gasteiger partial charge in [-0.2, -0.15) is 0 Å². The van der Waals surface area contributed by atoms with Crippen molar-refractivity contribution >= 4 is 21.6 Å². The molecule has 0 radical (unpaired) electrons. The standard InChI is InChI=1S/C18H23N3O4S/c1-13-8-9-17(25-3)16(11-13)21(26(4,23)24)14(2)18(22)20-12-15-7-5-6-10-19-15/h5-11,14H,12H2,1-4H3,(H,20,22)/t14-/m0/s1. The number of ether oxygens (including phenoxy) is 1. The van der Waals surface area contributed by atoms with E-state index in [0.29, 0.717) is 17.1 Å². The molecule has 0 spiro atoms. The van der Waals surface area contributed by atoms with Crippen LogP contribution in [0.3, 0.4) is 0 Å². The van der Waals surface area contributed by atoms with E-state index in [1.54, 1.807) is 30.5 Å². The quantitative estimate of drug-likeness (QED) is 0.796. The highest BCUT2D eigenvalue weighted by Gasteiger charge is 2.31. The van der Waals surface area contributed by atoms with Crippen LogP contribution in [0.25, 0.3) is 0 Å². The van der Waals surface area contributed by atoms with Gasteiger partial charge in [-0.3, -0.25) is 14.1 Å². The largest absolute Gasteiger partial charge is 0.495 e. The first-order valence-electron chi connectivity index (χ1n) is 8.05. The van der Waals surface area contributed by atoms with E-state index in [0.717, 1.165) is 16.1 Å². The summed E-state index contributed by atoms with van der Waals surface area (Å²) >= 11 is 0. The van der Waals surface area contributed by atoms with Crippen molar-refractivity contribution in [3.05, 3.63) is 53.9 Å². The van der Waals surface area contributed by atoms with Gasteiger partial charge in [-0.15, -0.1) is 0 Å². The van der Waals surface area contributed by atoms with Crippen molar-refractivity contribution in [2.24, 2.45) is 0 Å². The monoisotopic (exact) mass is 377 g/mol. The SMILES string of the molecule is COc1ccc(C)cc1N([C@@H](C)C(=O)NCc1ccccn1)S(C)(=O)=O. The molecule has 0 saturated heterocycles. The molecule has 1 N–H and O–H groups in total. The third-order valence-electron chi connectivity index (χ3n) is 3.83. The van der Waals surface area contributed by atoms with Crippen molar-refractivity contribution < 1.29 is 17.9 Å². The Labute approximate surface area is 154 Å². The van der Waals surface area contributed by atoms with E-state index in [1.807, 2.05) is 19.1 Å². The van der Waals surface area contributed by atoms with Crippen molar-refractivity contribution in [1.29, 1.82) is 0 Å². The number of nitrogens with one attached hydrogen (secondary N) is 1. The first-order chi connectivity index (χ1) is 12.2. The number of anilines is 1. The minimum atomic E-state index is -3.72. The highest BCUT2D eigenvalue weighted by molar-refractivity contribution is 7.92. The van der Waals surface area contributed by atoms with Crippen LogP contribution in [0.2, 0.25) is 0 Å². The van der Waals surface area contributed by atoms with E-state index in [-0.39, 0.29) is 6.54 Å². The fourth-order valence-corrected chi connectivity index (χ4v) is 3.75. The Kier molecular flexibility index (Phi) is 6.20. The number of carbonyl (C=O) groups excluding carboxylic acids is 1. The molecule has 1 aromatic carbocycles. The van der Waals surface area contributed by atoms with Crippen LogP contribution >= 0.6 is 0 Å². The average Bonchev–Trinajstić information content (AvgIpc) is 2.59. The minimum Gasteiger partial charge on any atom is -0.495 e. The molecular weight excluding hydrogens is 354 g/mol. The molecule has 7 nitrogen and oxygen atoms in total. The summed E-state index contributed by atoms with van der Waals surface area (Å²) in [5, 5.41) is 2.72. The summed E-state index contributed by atoms with van der Waals surface area (Å²) in [7, 11) is -2.26. The van der Waals surface area contributed by atoms with Gasteiger partial charge >= 0.3 is 0 Å². The van der Waals surface area contributed by atoms with Crippen LogP contribution in [-0.4, -0.2) is 38.7 Å². The van der Waals surface area contributed by atoms with Crippen molar-refractivity contribution in [3.63, 3.8) is 0 Å². The molecule has 0 aliphatic rings. The summed E-state index contributed by atoms with van der Waals surface area (Å²) in [5.74, 6) is -0.0463. The van der Waals surface area contributed by atoms with Gasteiger partial charge in [-0.05, 0) is 43.7 Å². The summed E-state index contributed by atoms with van der Waals surface area (Å²) in [4.78, 5) is 16.7. The highest BCUT2D eigenvalue weighted by atomic mass is 32.2. The second kappa shape index (κ2) is 8.18. The number of rotatable bonds is 7. The molecule has 1 aromatic heterocycles. The third-order valence-corrected chi connectivity index (χ3v) is 5.06. The van der Waals surface area contributed by atoms with E-state index in [1.165, 1.54) is 14.0 Å². The lowest BCUT2D eigenvalue weighted by atomic mass is 10.2. The summed E-state index contributed by atoms with van der Waals surface area (Å²) in [6.45, 7) is 3.60. The maximum atomic E-state index is 12.6. The number of sulfonamides is 1. The Hall–Kier alpha value is -2.61. The average molecular weight is 377 g/mol. The van der Waals surface area contributed by atoms with Crippen molar-refractivity contribution in [2.75, 3.05) is 17.7 Å². The number of aryl methyl sites for hydroxylation is 1. The number of carbonyl (C=O) groups is 1. The molecule has 2 aromatic rings. The fourth-order valence-electron chi connectivity index (χ4n) is 2.58. The number of methoxy groups -OCH3 is 1. The van der Waals surface area contributed by atoms with Crippen molar-refractivity contribution in [3.8, 4) is 5.75 Å². The molecule has 0 bridgehead atoms. The van der Waals surface area contributed by atoms with Crippen LogP contribution in [0, 0.1) is 6.92 Å². The molecule has 0 unspecified atom stereocenters. The van der Waals surface area contributed by atoms with Crippen LogP contribution < -0.4 is 14.4 Å². The van der Waals surface area contributed by atoms with E-state index in [2.05, 4.69) is 10.3 Å². The first-order valence-corrected chi connectivity index (χ1v) is 9.90. The number of aromatic nitrogens is 1. The van der Waals surface area contributed by atoms with Crippen LogP contribution in [0.5, 0.6) is 5.75 Å². The van der Waals surface area contributed by atoms with Gasteiger partial charge in [0.15, 0.2) is 0 Å². The lowest BCUT2D eigenvalue weighted by Crippen LogP contribution is -2.47. The molecule has 26 heavy (non-hydrogen) atoms. The predicted octanol–water partition coefficient (Wildman–Crippen LogP) is 1.87. The Bertz CT molecular complexity index is 869. The Morgan fingerprint density at radius 3 is 2.62 bits per heavy atom. The minimum absolute atomic E-state index is 0.215. The smallest absolute Gasteiger partial charge is 0.243 e. The molecule has 0 saturated carbocycles. The van der Waals surface area contributed by atoms with Gasteiger partial charge in [0.2, 0.25) is 15.9 Å². The van der Waals surface area contributed by atoms with Gasteiger partial charge in [0.05, 0.1) is 31.3 Å². The van der Waals surface area contributed by atoms with Crippen LogP contribution in [0.1, 0.15) is 18.2 Å². The van der Waals surface area contributed by atoms with E-state index < -0.39 is 22.0 Å². The number of nitrogens with zero attached hydrogens (tertiary/aromatic N) is 2. The van der Waals surface area contributed by atoms with Gasteiger partial charge in [0, 0.05) is 6.20 Å². The van der Waals surface area contributed by atoms with Crippen LogP contribution in [-0.2, 0) is 21.4 Å². The fraction of sp³-hybridized carbons (Fsp3) is 0.333. The number of amides is 1. The lowest BCUT2D eigenvalue weighted by Gasteiger charge is -2.29. The van der Waals surface area contributed by atoms with E-state index in [4.69, 9.17) is 4.74 Å². The van der Waals surface area contributed by atoms with Gasteiger partial charge < -0.3 is 10.1 Å². The lowest BCUT2D eigenvalue weighted by molar-refractivity contribution is -0.122. The van der Waals surface area contributed by atoms with Gasteiger partial charge in [-0.25, -0.2) is 8.42 Å². The second-order valence-electron chi connectivity index (χ2n) is 5.95. The van der Waals surface area contributed by atoms with E-state index in [9.17, 15) is 13.2 Å². The van der Waals surface area contributed by atoms with Gasteiger partial charge in [0.1, 0.15) is 11.8 Å². The van der Waals surface area contributed by atoms with Crippen LogP contribution in [0.4, 0.5) is 5.69 Å². The summed E-state index contributed by atoms with van der Waals surface area (Å²) in [6, 6.07) is 9.60. The van der Waals surface area contributed by atoms with Gasteiger partial charge in [0.25, 0.3) is 0 Å². The van der Waals surface area contributed by atoms with Crippen molar-refractivity contribution in [1.82, 2.24) is 10.3 Å². The van der Waals surface area contributed by atoms with Gasteiger partial charge in [-0.1, -0.05) is 12.1 Å². The Morgan fingerprint density at radius 1 is 1.31 bits per heavy atom. The topological polar surface area (TPSA) is 88.6 Å². The molecule has 1 amide bonds. The van der Waals surface area contributed by atoms with Crippen LogP contribution in [0.15, 0.2) is 42.6 Å². The Balaban J connectivity index is 2.29. The maximum absolute atomic E-state index is 12.6. The highest BCUT2D eigenvalue weighted by Crippen LogP contribution is 2.32. The third kappa shape index (κ3) is 4.72. The molecular formula is C18H23N3O4S. The predicted molar refractivity (Wildman–Crippen MR) is 101 cm³/mol. The second-order valence-corrected chi connectivity index (χ2v) is 7.81. The molecule has 1 atom stereocenters. The summed E-state index contributed by atoms with van der Waals surface area (Å²) in [5.41, 5.74) is 1.87. The molecule has 8 heteroatoms. The first kappa shape index (κ1) is 19.7. The zero-order valence-electron chi connectivity index (χ0n) is 15.3. The van der Waals surface area contributed by atoms with E-state index >= 15 is 0 Å². The number of pyridine rings is 1. The maximum Gasteiger partial charge on any atom is 0.243 e. The summed E-state index contributed by atoms with van der Waals surface area (Å²) in [6.07, 6.45) is 2.70. The molecule has 1 heterocycles. The summed E-state index contributed by atoms with van der Waals surface area (Å²) < 4.78 is 31.2.